The minimum Gasteiger partial charge on any atom is -0.396 e. The number of nitrogen functional groups attached to an aromatic ring is 1. The second-order valence-corrected chi connectivity index (χ2v) is 4.50. The van der Waals surface area contributed by atoms with Crippen LogP contribution in [0.5, 0.6) is 0 Å². The Hall–Kier alpha value is -1.58. The highest BCUT2D eigenvalue weighted by Crippen LogP contribution is 2.26. The number of rotatable bonds is 2. The smallest absolute Gasteiger partial charge is 0.196 e. The van der Waals surface area contributed by atoms with Gasteiger partial charge in [-0.3, -0.25) is 4.79 Å². The molecule has 2 nitrogen and oxygen atoms in total. The van der Waals surface area contributed by atoms with Crippen molar-refractivity contribution < 1.29 is 9.18 Å². The van der Waals surface area contributed by atoms with Crippen molar-refractivity contribution in [2.24, 2.45) is 0 Å². The molecule has 0 saturated carbocycles. The lowest BCUT2D eigenvalue weighted by atomic mass is 10.0. The molecule has 0 atom stereocenters. The predicted octanol–water partition coefficient (Wildman–Crippen LogP) is 3.95. The van der Waals surface area contributed by atoms with E-state index in [-0.39, 0.29) is 21.8 Å². The molecule has 2 rings (SSSR count). The van der Waals surface area contributed by atoms with Crippen molar-refractivity contribution in [3.05, 3.63) is 63.4 Å². The molecule has 0 radical (unpaired) electrons. The molecule has 0 spiro atoms. The average Bonchev–Trinajstić information content (AvgIpc) is 2.35. The second kappa shape index (κ2) is 4.96. The van der Waals surface area contributed by atoms with E-state index < -0.39 is 11.6 Å². The van der Waals surface area contributed by atoms with Crippen molar-refractivity contribution in [3.63, 3.8) is 0 Å². The fourth-order valence-electron chi connectivity index (χ4n) is 1.55. The first-order valence-corrected chi connectivity index (χ1v) is 5.80. The van der Waals surface area contributed by atoms with Gasteiger partial charge in [0.1, 0.15) is 5.82 Å². The standard InChI is InChI=1S/C13H8Cl2FNO/c14-7-4-5-10(15)9(6-7)13(18)8-2-1-3-11(16)12(8)17/h1-6H,17H2. The van der Waals surface area contributed by atoms with Crippen molar-refractivity contribution in [2.45, 2.75) is 0 Å². The third kappa shape index (κ3) is 2.33. The maximum absolute atomic E-state index is 13.3. The average molecular weight is 284 g/mol. The summed E-state index contributed by atoms with van der Waals surface area (Å²) in [7, 11) is 0. The van der Waals surface area contributed by atoms with Gasteiger partial charge in [0.15, 0.2) is 5.78 Å². The Morgan fingerprint density at radius 2 is 1.83 bits per heavy atom. The first kappa shape index (κ1) is 12.9. The van der Waals surface area contributed by atoms with E-state index in [9.17, 15) is 9.18 Å². The molecule has 0 aliphatic rings. The molecule has 5 heteroatoms. The Morgan fingerprint density at radius 1 is 1.11 bits per heavy atom. The van der Waals surface area contributed by atoms with E-state index in [1.54, 1.807) is 6.07 Å². The molecular weight excluding hydrogens is 276 g/mol. The van der Waals surface area contributed by atoms with Gasteiger partial charge >= 0.3 is 0 Å². The molecule has 0 aromatic heterocycles. The summed E-state index contributed by atoms with van der Waals surface area (Å²) in [6.07, 6.45) is 0. The highest BCUT2D eigenvalue weighted by molar-refractivity contribution is 6.37. The number of hydrogen-bond acceptors (Lipinski definition) is 2. The van der Waals surface area contributed by atoms with Gasteiger partial charge in [-0.25, -0.2) is 4.39 Å². The minimum absolute atomic E-state index is 0.0687. The second-order valence-electron chi connectivity index (χ2n) is 3.65. The number of nitrogens with two attached hydrogens (primary N) is 1. The van der Waals surface area contributed by atoms with Gasteiger partial charge in [-0.2, -0.15) is 0 Å². The molecule has 2 aromatic carbocycles. The van der Waals surface area contributed by atoms with Gasteiger partial charge in [0.05, 0.1) is 10.7 Å². The number of hydrogen-bond donors (Lipinski definition) is 1. The first-order chi connectivity index (χ1) is 8.50. The number of benzene rings is 2. The molecule has 0 bridgehead atoms. The summed E-state index contributed by atoms with van der Waals surface area (Å²) >= 11 is 11.7. The van der Waals surface area contributed by atoms with E-state index in [1.807, 2.05) is 0 Å². The van der Waals surface area contributed by atoms with Crippen molar-refractivity contribution in [1.82, 2.24) is 0 Å². The van der Waals surface area contributed by atoms with Crippen LogP contribution in [-0.4, -0.2) is 5.78 Å². The fourth-order valence-corrected chi connectivity index (χ4v) is 1.93. The molecule has 0 saturated heterocycles. The molecular formula is C13H8Cl2FNO. The zero-order valence-electron chi connectivity index (χ0n) is 9.08. The van der Waals surface area contributed by atoms with E-state index in [0.717, 1.165) is 0 Å². The molecule has 92 valence electrons. The third-order valence-electron chi connectivity index (χ3n) is 2.47. The Bertz CT molecular complexity index is 624. The zero-order valence-corrected chi connectivity index (χ0v) is 10.6. The monoisotopic (exact) mass is 283 g/mol. The topological polar surface area (TPSA) is 43.1 Å². The lowest BCUT2D eigenvalue weighted by Gasteiger charge is -2.07. The summed E-state index contributed by atoms with van der Waals surface area (Å²) in [5.41, 5.74) is 5.61. The largest absolute Gasteiger partial charge is 0.396 e. The van der Waals surface area contributed by atoms with E-state index >= 15 is 0 Å². The van der Waals surface area contributed by atoms with Crippen LogP contribution in [0.25, 0.3) is 0 Å². The highest BCUT2D eigenvalue weighted by atomic mass is 35.5. The lowest BCUT2D eigenvalue weighted by Crippen LogP contribution is -2.07. The fraction of sp³-hybridized carbons (Fsp3) is 0. The van der Waals surface area contributed by atoms with Crippen LogP contribution in [0.1, 0.15) is 15.9 Å². The zero-order chi connectivity index (χ0) is 13.3. The summed E-state index contributed by atoms with van der Waals surface area (Å²) in [6, 6.07) is 8.54. The van der Waals surface area contributed by atoms with Crippen LogP contribution in [0.3, 0.4) is 0 Å². The van der Waals surface area contributed by atoms with Gasteiger partial charge in [0, 0.05) is 16.1 Å². The number of carbonyl (C=O) groups is 1. The van der Waals surface area contributed by atoms with E-state index in [0.29, 0.717) is 5.02 Å². The molecule has 0 heterocycles. The van der Waals surface area contributed by atoms with E-state index in [1.165, 1.54) is 30.3 Å². The third-order valence-corrected chi connectivity index (χ3v) is 3.04. The molecule has 0 unspecified atom stereocenters. The lowest BCUT2D eigenvalue weighted by molar-refractivity contribution is 0.103. The van der Waals surface area contributed by atoms with E-state index in [2.05, 4.69) is 0 Å². The van der Waals surface area contributed by atoms with Crippen LogP contribution in [-0.2, 0) is 0 Å². The Labute approximate surface area is 113 Å². The van der Waals surface area contributed by atoms with E-state index in [4.69, 9.17) is 28.9 Å². The summed E-state index contributed by atoms with van der Waals surface area (Å²) < 4.78 is 13.3. The van der Waals surface area contributed by atoms with Gasteiger partial charge in [-0.05, 0) is 30.3 Å². The predicted molar refractivity (Wildman–Crippen MR) is 70.7 cm³/mol. The molecule has 2 N–H and O–H groups in total. The molecule has 0 amide bonds. The normalized spacial score (nSPS) is 10.4. The molecule has 0 aliphatic heterocycles. The SMILES string of the molecule is Nc1c(F)cccc1C(=O)c1cc(Cl)ccc1Cl. The van der Waals surface area contributed by atoms with Crippen LogP contribution >= 0.6 is 23.2 Å². The first-order valence-electron chi connectivity index (χ1n) is 5.04. The number of anilines is 1. The number of carbonyl (C=O) groups excluding carboxylic acids is 1. The summed E-state index contributed by atoms with van der Waals surface area (Å²) in [4.78, 5) is 12.2. The Morgan fingerprint density at radius 3 is 2.56 bits per heavy atom. The van der Waals surface area contributed by atoms with Crippen LogP contribution < -0.4 is 5.73 Å². The summed E-state index contributed by atoms with van der Waals surface area (Å²) in [6.45, 7) is 0. The van der Waals surface area contributed by atoms with Gasteiger partial charge in [0.2, 0.25) is 0 Å². The Balaban J connectivity index is 2.55. The van der Waals surface area contributed by atoms with Crippen LogP contribution in [0.4, 0.5) is 10.1 Å². The number of ketones is 1. The number of para-hydroxylation sites is 1. The maximum Gasteiger partial charge on any atom is 0.196 e. The van der Waals surface area contributed by atoms with Gasteiger partial charge in [-0.1, -0.05) is 29.3 Å². The molecule has 0 aliphatic carbocycles. The summed E-state index contributed by atoms with van der Waals surface area (Å²) in [5, 5.41) is 0.616. The van der Waals surface area contributed by atoms with Crippen LogP contribution in [0.2, 0.25) is 10.0 Å². The number of halogens is 3. The molecule has 0 fully saturated rings. The van der Waals surface area contributed by atoms with Crippen molar-refractivity contribution >= 4 is 34.7 Å². The van der Waals surface area contributed by atoms with Gasteiger partial charge in [0.25, 0.3) is 0 Å². The van der Waals surface area contributed by atoms with Gasteiger partial charge < -0.3 is 5.73 Å². The van der Waals surface area contributed by atoms with Crippen molar-refractivity contribution in [2.75, 3.05) is 5.73 Å². The highest BCUT2D eigenvalue weighted by Gasteiger charge is 2.17. The molecule has 2 aromatic rings. The quantitative estimate of drug-likeness (QED) is 0.670. The van der Waals surface area contributed by atoms with Crippen LogP contribution in [0.15, 0.2) is 36.4 Å². The van der Waals surface area contributed by atoms with Crippen molar-refractivity contribution in [3.8, 4) is 0 Å². The molecule has 18 heavy (non-hydrogen) atoms. The van der Waals surface area contributed by atoms with Crippen molar-refractivity contribution in [1.29, 1.82) is 0 Å². The minimum atomic E-state index is -0.640. The Kier molecular flexibility index (Phi) is 3.55. The summed E-state index contributed by atoms with van der Waals surface area (Å²) in [5.74, 6) is -1.10. The van der Waals surface area contributed by atoms with Crippen LogP contribution in [0, 0.1) is 5.82 Å². The van der Waals surface area contributed by atoms with Gasteiger partial charge in [-0.15, -0.1) is 0 Å². The maximum atomic E-state index is 13.3.